The smallest absolute Gasteiger partial charge is 0.274 e. The second-order valence-electron chi connectivity index (χ2n) is 6.02. The highest BCUT2D eigenvalue weighted by Gasteiger charge is 2.34. The van der Waals surface area contributed by atoms with Gasteiger partial charge in [0.15, 0.2) is 0 Å². The molecule has 8 heteroatoms. The van der Waals surface area contributed by atoms with E-state index in [1.54, 1.807) is 30.3 Å². The Balaban J connectivity index is 1.70. The number of amides is 1. The molecule has 0 saturated carbocycles. The monoisotopic (exact) mass is 332 g/mol. The van der Waals surface area contributed by atoms with Crippen LogP contribution in [0.3, 0.4) is 0 Å². The van der Waals surface area contributed by atoms with Gasteiger partial charge in [0.1, 0.15) is 24.0 Å². The van der Waals surface area contributed by atoms with E-state index < -0.39 is 6.17 Å². The second kappa shape index (κ2) is 6.94. The summed E-state index contributed by atoms with van der Waals surface area (Å²) in [4.78, 5) is 24.1. The average molecular weight is 332 g/mol. The van der Waals surface area contributed by atoms with Crippen LogP contribution in [0.5, 0.6) is 0 Å². The Bertz CT molecular complexity index is 691. The minimum Gasteiger partial charge on any atom is -0.349 e. The zero-order valence-corrected chi connectivity index (χ0v) is 13.8. The quantitative estimate of drug-likeness (QED) is 0.897. The number of hydrogen-bond donors (Lipinski definition) is 1. The molecule has 0 unspecified atom stereocenters. The summed E-state index contributed by atoms with van der Waals surface area (Å²) >= 11 is 0. The third kappa shape index (κ3) is 3.37. The molecule has 128 valence electrons. The molecule has 24 heavy (non-hydrogen) atoms. The van der Waals surface area contributed by atoms with Crippen molar-refractivity contribution >= 4 is 11.7 Å². The third-order valence-corrected chi connectivity index (χ3v) is 4.29. The number of aromatic nitrogens is 4. The summed E-state index contributed by atoms with van der Waals surface area (Å²) in [6, 6.07) is 3.40. The maximum absolute atomic E-state index is 13.9. The number of anilines is 1. The van der Waals surface area contributed by atoms with Crippen molar-refractivity contribution in [3.8, 4) is 0 Å². The number of nitrogens with one attached hydrogen (secondary N) is 1. The van der Waals surface area contributed by atoms with E-state index in [2.05, 4.69) is 20.2 Å². The summed E-state index contributed by atoms with van der Waals surface area (Å²) in [6.07, 6.45) is 3.32. The molecule has 0 aromatic carbocycles. The first kappa shape index (κ1) is 16.4. The number of hydrogen-bond acceptors (Lipinski definition) is 5. The number of carbonyl (C=O) groups is 1. The Morgan fingerprint density at radius 1 is 1.54 bits per heavy atom. The first-order valence-electron chi connectivity index (χ1n) is 8.05. The van der Waals surface area contributed by atoms with Crippen LogP contribution in [0.15, 0.2) is 24.7 Å². The van der Waals surface area contributed by atoms with Crippen molar-refractivity contribution in [2.45, 2.75) is 32.0 Å². The fourth-order valence-corrected chi connectivity index (χ4v) is 3.01. The summed E-state index contributed by atoms with van der Waals surface area (Å²) in [5.41, 5.74) is 1.30. The van der Waals surface area contributed by atoms with Crippen molar-refractivity contribution in [1.82, 2.24) is 25.1 Å². The highest BCUT2D eigenvalue weighted by atomic mass is 19.1. The SMILES string of the molecule is CCc1cc(C(=O)N(C)C[C@@H]2C[C@H](F)CN2c2ccncn2)n[nH]1. The van der Waals surface area contributed by atoms with Gasteiger partial charge in [-0.3, -0.25) is 9.89 Å². The lowest BCUT2D eigenvalue weighted by Crippen LogP contribution is -2.41. The Kier molecular flexibility index (Phi) is 4.73. The average Bonchev–Trinajstić information content (AvgIpc) is 3.21. The van der Waals surface area contributed by atoms with Gasteiger partial charge in [-0.25, -0.2) is 14.4 Å². The van der Waals surface area contributed by atoms with E-state index in [4.69, 9.17) is 0 Å². The number of rotatable bonds is 5. The van der Waals surface area contributed by atoms with Crippen LogP contribution in [0, 0.1) is 0 Å². The van der Waals surface area contributed by atoms with E-state index in [0.29, 0.717) is 24.5 Å². The van der Waals surface area contributed by atoms with Crippen molar-refractivity contribution in [1.29, 1.82) is 0 Å². The zero-order chi connectivity index (χ0) is 17.1. The van der Waals surface area contributed by atoms with Gasteiger partial charge in [0.25, 0.3) is 5.91 Å². The van der Waals surface area contributed by atoms with Gasteiger partial charge in [-0.05, 0) is 18.6 Å². The molecule has 1 N–H and O–H groups in total. The van der Waals surface area contributed by atoms with Crippen LogP contribution in [-0.2, 0) is 6.42 Å². The molecule has 1 saturated heterocycles. The van der Waals surface area contributed by atoms with Crippen LogP contribution in [0.25, 0.3) is 0 Å². The summed E-state index contributed by atoms with van der Waals surface area (Å²) in [5, 5.41) is 6.89. The van der Waals surface area contributed by atoms with Crippen LogP contribution in [0.1, 0.15) is 29.5 Å². The molecule has 1 fully saturated rings. The van der Waals surface area contributed by atoms with Crippen LogP contribution in [0.2, 0.25) is 0 Å². The van der Waals surface area contributed by atoms with Crippen molar-refractivity contribution < 1.29 is 9.18 Å². The van der Waals surface area contributed by atoms with Crippen molar-refractivity contribution in [2.24, 2.45) is 0 Å². The number of aryl methyl sites for hydroxylation is 1. The normalized spacial score (nSPS) is 20.4. The molecule has 2 aromatic heterocycles. The number of aromatic amines is 1. The Morgan fingerprint density at radius 2 is 2.38 bits per heavy atom. The Hall–Kier alpha value is -2.51. The van der Waals surface area contributed by atoms with E-state index in [9.17, 15) is 9.18 Å². The van der Waals surface area contributed by atoms with Gasteiger partial charge in [0.2, 0.25) is 0 Å². The molecule has 2 atom stereocenters. The molecule has 0 radical (unpaired) electrons. The van der Waals surface area contributed by atoms with Crippen LogP contribution in [-0.4, -0.2) is 63.3 Å². The van der Waals surface area contributed by atoms with Crippen LogP contribution >= 0.6 is 0 Å². The van der Waals surface area contributed by atoms with E-state index in [1.807, 2.05) is 11.8 Å². The van der Waals surface area contributed by atoms with Gasteiger partial charge >= 0.3 is 0 Å². The van der Waals surface area contributed by atoms with Gasteiger partial charge in [0.05, 0.1) is 12.6 Å². The van der Waals surface area contributed by atoms with Crippen molar-refractivity contribution in [3.63, 3.8) is 0 Å². The molecular weight excluding hydrogens is 311 g/mol. The number of likely N-dealkylation sites (N-methyl/N-ethyl adjacent to an activating group) is 1. The lowest BCUT2D eigenvalue weighted by Gasteiger charge is -2.28. The highest BCUT2D eigenvalue weighted by Crippen LogP contribution is 2.26. The van der Waals surface area contributed by atoms with Gasteiger partial charge in [0, 0.05) is 31.9 Å². The topological polar surface area (TPSA) is 78.0 Å². The van der Waals surface area contributed by atoms with Gasteiger partial charge in [-0.1, -0.05) is 6.92 Å². The minimum atomic E-state index is -0.925. The van der Waals surface area contributed by atoms with Crippen molar-refractivity contribution in [3.05, 3.63) is 36.0 Å². The first-order valence-corrected chi connectivity index (χ1v) is 8.05. The zero-order valence-electron chi connectivity index (χ0n) is 13.8. The van der Waals surface area contributed by atoms with Crippen LogP contribution in [0.4, 0.5) is 10.2 Å². The molecule has 3 heterocycles. The fraction of sp³-hybridized carbons (Fsp3) is 0.500. The first-order chi connectivity index (χ1) is 11.6. The molecular formula is C16H21FN6O. The maximum Gasteiger partial charge on any atom is 0.274 e. The van der Waals surface area contributed by atoms with E-state index >= 15 is 0 Å². The molecule has 1 aliphatic heterocycles. The summed E-state index contributed by atoms with van der Waals surface area (Å²) in [7, 11) is 1.71. The predicted molar refractivity (Wildman–Crippen MR) is 87.6 cm³/mol. The highest BCUT2D eigenvalue weighted by molar-refractivity contribution is 5.92. The molecule has 2 aromatic rings. The number of halogens is 1. The number of alkyl halides is 1. The second-order valence-corrected chi connectivity index (χ2v) is 6.02. The lowest BCUT2D eigenvalue weighted by molar-refractivity contribution is 0.0780. The number of H-pyrrole nitrogens is 1. The Morgan fingerprint density at radius 3 is 3.04 bits per heavy atom. The summed E-state index contributed by atoms with van der Waals surface area (Å²) in [6.45, 7) is 2.69. The molecule has 3 rings (SSSR count). The minimum absolute atomic E-state index is 0.117. The standard InChI is InChI=1S/C16H21FN6O/c1-3-12-7-14(21-20-12)16(24)22(2)9-13-6-11(17)8-23(13)15-4-5-18-10-19-15/h4-5,7,10-11,13H,3,6,8-9H2,1-2H3,(H,20,21)/t11-,13-/m0/s1. The van der Waals surface area contributed by atoms with Crippen LogP contribution < -0.4 is 4.90 Å². The molecule has 1 aliphatic rings. The molecule has 0 aliphatic carbocycles. The van der Waals surface area contributed by atoms with Gasteiger partial charge in [-0.15, -0.1) is 0 Å². The van der Waals surface area contributed by atoms with E-state index in [0.717, 1.165) is 12.1 Å². The predicted octanol–water partition coefficient (Wildman–Crippen LogP) is 1.45. The summed E-state index contributed by atoms with van der Waals surface area (Å²) < 4.78 is 13.9. The molecule has 1 amide bonds. The van der Waals surface area contributed by atoms with E-state index in [-0.39, 0.29) is 18.5 Å². The molecule has 7 nitrogen and oxygen atoms in total. The summed E-state index contributed by atoms with van der Waals surface area (Å²) in [5.74, 6) is 0.514. The van der Waals surface area contributed by atoms with Gasteiger partial charge in [-0.2, -0.15) is 5.10 Å². The van der Waals surface area contributed by atoms with E-state index in [1.165, 1.54) is 6.33 Å². The fourth-order valence-electron chi connectivity index (χ4n) is 3.01. The largest absolute Gasteiger partial charge is 0.349 e. The Labute approximate surface area is 139 Å². The van der Waals surface area contributed by atoms with Gasteiger partial charge < -0.3 is 9.80 Å². The third-order valence-electron chi connectivity index (χ3n) is 4.29. The van der Waals surface area contributed by atoms with Crippen molar-refractivity contribution in [2.75, 3.05) is 25.0 Å². The lowest BCUT2D eigenvalue weighted by atomic mass is 10.2. The number of nitrogens with zero attached hydrogens (tertiary/aromatic N) is 5. The molecule has 0 spiro atoms. The molecule has 0 bridgehead atoms. The maximum atomic E-state index is 13.9. The number of carbonyl (C=O) groups excluding carboxylic acids is 1.